The molecule has 0 spiro atoms. The lowest BCUT2D eigenvalue weighted by Gasteiger charge is -2.13. The Morgan fingerprint density at radius 3 is 2.70 bits per heavy atom. The summed E-state index contributed by atoms with van der Waals surface area (Å²) in [5, 5.41) is 9.33. The van der Waals surface area contributed by atoms with E-state index in [1.807, 2.05) is 36.4 Å². The largest absolute Gasteiger partial charge is 0.467 e. The van der Waals surface area contributed by atoms with Crippen molar-refractivity contribution in [3.8, 4) is 0 Å². The van der Waals surface area contributed by atoms with Crippen LogP contribution in [-0.4, -0.2) is 32.1 Å². The van der Waals surface area contributed by atoms with Crippen molar-refractivity contribution in [3.05, 3.63) is 78.1 Å². The number of hydrogen-bond acceptors (Lipinski definition) is 5. The Kier molecular flexibility index (Phi) is 8.11. The van der Waals surface area contributed by atoms with Gasteiger partial charge in [0.15, 0.2) is 11.7 Å². The number of rotatable bonds is 10. The number of aliphatic imine (C=N–C) groups is 1. The Morgan fingerprint density at radius 2 is 1.93 bits per heavy atom. The van der Waals surface area contributed by atoms with Gasteiger partial charge in [-0.05, 0) is 48.4 Å². The molecule has 0 atom stereocenters. The third kappa shape index (κ3) is 6.82. The summed E-state index contributed by atoms with van der Waals surface area (Å²) < 4.78 is 15.9. The van der Waals surface area contributed by atoms with E-state index in [0.29, 0.717) is 31.4 Å². The van der Waals surface area contributed by atoms with Crippen LogP contribution in [0.1, 0.15) is 28.3 Å². The van der Waals surface area contributed by atoms with Crippen molar-refractivity contribution in [2.45, 2.75) is 19.6 Å². The van der Waals surface area contributed by atoms with Crippen molar-refractivity contribution in [2.75, 3.05) is 25.5 Å². The van der Waals surface area contributed by atoms with Crippen LogP contribution < -0.4 is 16.0 Å². The minimum Gasteiger partial charge on any atom is -0.467 e. The van der Waals surface area contributed by atoms with Gasteiger partial charge in [0.2, 0.25) is 0 Å². The van der Waals surface area contributed by atoms with E-state index in [0.717, 1.165) is 24.3 Å². The van der Waals surface area contributed by atoms with E-state index < -0.39 is 0 Å². The SMILES string of the molecule is CN=C(NCCCOCc1ccco1)NCc1cccc(NC(=O)c2ccco2)c1. The van der Waals surface area contributed by atoms with Crippen LogP contribution in [-0.2, 0) is 17.9 Å². The number of carbonyl (C=O) groups is 1. The topological polar surface area (TPSA) is 101 Å². The fourth-order valence-electron chi connectivity index (χ4n) is 2.71. The van der Waals surface area contributed by atoms with Crippen LogP contribution in [0.4, 0.5) is 5.69 Å². The fourth-order valence-corrected chi connectivity index (χ4v) is 2.71. The lowest BCUT2D eigenvalue weighted by atomic mass is 10.2. The Hall–Kier alpha value is -3.52. The molecule has 1 amide bonds. The highest BCUT2D eigenvalue weighted by molar-refractivity contribution is 6.02. The first-order valence-electron chi connectivity index (χ1n) is 9.73. The summed E-state index contributed by atoms with van der Waals surface area (Å²) in [6, 6.07) is 14.6. The smallest absolute Gasteiger partial charge is 0.291 e. The van der Waals surface area contributed by atoms with Gasteiger partial charge < -0.3 is 29.5 Å². The highest BCUT2D eigenvalue weighted by atomic mass is 16.5. The van der Waals surface area contributed by atoms with E-state index in [-0.39, 0.29) is 11.7 Å². The standard InChI is InChI=1S/C22H26N4O4/c1-23-22(24-10-5-11-28-16-19-8-3-12-29-19)25-15-17-6-2-7-18(14-17)26-21(27)20-9-4-13-30-20/h2-4,6-9,12-14H,5,10-11,15-16H2,1H3,(H,26,27)(H2,23,24,25). The van der Waals surface area contributed by atoms with Crippen molar-refractivity contribution in [2.24, 2.45) is 4.99 Å². The van der Waals surface area contributed by atoms with Gasteiger partial charge >= 0.3 is 0 Å². The number of guanidine groups is 1. The molecule has 158 valence electrons. The van der Waals surface area contributed by atoms with E-state index in [1.165, 1.54) is 6.26 Å². The maximum absolute atomic E-state index is 12.1. The van der Waals surface area contributed by atoms with Gasteiger partial charge in [0.25, 0.3) is 5.91 Å². The average Bonchev–Trinajstić information content (AvgIpc) is 3.47. The molecular formula is C22H26N4O4. The van der Waals surface area contributed by atoms with Gasteiger partial charge in [0.05, 0.1) is 12.5 Å². The van der Waals surface area contributed by atoms with E-state index in [9.17, 15) is 4.79 Å². The van der Waals surface area contributed by atoms with Gasteiger partial charge in [0.1, 0.15) is 12.4 Å². The maximum atomic E-state index is 12.1. The molecule has 0 fully saturated rings. The first-order valence-corrected chi connectivity index (χ1v) is 9.73. The molecule has 0 unspecified atom stereocenters. The molecule has 0 bridgehead atoms. The van der Waals surface area contributed by atoms with E-state index >= 15 is 0 Å². The number of nitrogens with zero attached hydrogens (tertiary/aromatic N) is 1. The van der Waals surface area contributed by atoms with Crippen molar-refractivity contribution < 1.29 is 18.4 Å². The Labute approximate surface area is 175 Å². The van der Waals surface area contributed by atoms with Crippen LogP contribution >= 0.6 is 0 Å². The predicted octanol–water partition coefficient (Wildman–Crippen LogP) is 3.40. The number of furan rings is 2. The first kappa shape index (κ1) is 21.2. The summed E-state index contributed by atoms with van der Waals surface area (Å²) >= 11 is 0. The quantitative estimate of drug-likeness (QED) is 0.269. The van der Waals surface area contributed by atoms with Crippen LogP contribution in [0, 0.1) is 0 Å². The zero-order valence-corrected chi connectivity index (χ0v) is 16.9. The molecule has 3 N–H and O–H groups in total. The molecule has 1 aromatic carbocycles. The molecule has 30 heavy (non-hydrogen) atoms. The second kappa shape index (κ2) is 11.5. The van der Waals surface area contributed by atoms with E-state index in [1.54, 1.807) is 25.4 Å². The summed E-state index contributed by atoms with van der Waals surface area (Å²) in [4.78, 5) is 16.3. The van der Waals surface area contributed by atoms with Gasteiger partial charge in [0, 0.05) is 32.4 Å². The maximum Gasteiger partial charge on any atom is 0.291 e. The first-order chi connectivity index (χ1) is 14.7. The fraction of sp³-hybridized carbons (Fsp3) is 0.273. The third-order valence-corrected chi connectivity index (χ3v) is 4.20. The zero-order valence-electron chi connectivity index (χ0n) is 16.9. The van der Waals surface area contributed by atoms with Crippen LogP contribution in [0.5, 0.6) is 0 Å². The second-order valence-corrected chi connectivity index (χ2v) is 6.47. The number of carbonyl (C=O) groups excluding carboxylic acids is 1. The highest BCUT2D eigenvalue weighted by Crippen LogP contribution is 2.12. The van der Waals surface area contributed by atoms with Gasteiger partial charge in [-0.25, -0.2) is 0 Å². The monoisotopic (exact) mass is 410 g/mol. The molecule has 0 saturated heterocycles. The van der Waals surface area contributed by atoms with Crippen LogP contribution in [0.2, 0.25) is 0 Å². The number of benzene rings is 1. The molecule has 8 heteroatoms. The van der Waals surface area contributed by atoms with Crippen molar-refractivity contribution in [1.29, 1.82) is 0 Å². The number of anilines is 1. The number of hydrogen-bond donors (Lipinski definition) is 3. The molecule has 2 heterocycles. The number of nitrogens with one attached hydrogen (secondary N) is 3. The van der Waals surface area contributed by atoms with Gasteiger partial charge in [-0.2, -0.15) is 0 Å². The molecule has 3 aromatic rings. The Bertz CT molecular complexity index is 921. The molecule has 0 saturated carbocycles. The van der Waals surface area contributed by atoms with Crippen molar-refractivity contribution in [1.82, 2.24) is 10.6 Å². The average molecular weight is 410 g/mol. The van der Waals surface area contributed by atoms with Crippen molar-refractivity contribution >= 4 is 17.6 Å². The Morgan fingerprint density at radius 1 is 1.07 bits per heavy atom. The van der Waals surface area contributed by atoms with Crippen LogP contribution in [0.15, 0.2) is 74.9 Å². The molecule has 3 rings (SSSR count). The third-order valence-electron chi connectivity index (χ3n) is 4.20. The molecule has 0 aliphatic heterocycles. The molecule has 0 radical (unpaired) electrons. The molecule has 2 aromatic heterocycles. The summed E-state index contributed by atoms with van der Waals surface area (Å²) in [6.45, 7) is 2.41. The lowest BCUT2D eigenvalue weighted by Crippen LogP contribution is -2.37. The summed E-state index contributed by atoms with van der Waals surface area (Å²) in [5.41, 5.74) is 1.71. The molecule has 8 nitrogen and oxygen atoms in total. The van der Waals surface area contributed by atoms with Crippen LogP contribution in [0.25, 0.3) is 0 Å². The predicted molar refractivity (Wildman–Crippen MR) is 114 cm³/mol. The molecule has 0 aliphatic rings. The number of amides is 1. The van der Waals surface area contributed by atoms with Crippen molar-refractivity contribution in [3.63, 3.8) is 0 Å². The Balaban J connectivity index is 1.36. The van der Waals surface area contributed by atoms with E-state index in [2.05, 4.69) is 20.9 Å². The summed E-state index contributed by atoms with van der Waals surface area (Å²) in [5.74, 6) is 1.52. The molecule has 0 aliphatic carbocycles. The minimum atomic E-state index is -0.281. The second-order valence-electron chi connectivity index (χ2n) is 6.47. The minimum absolute atomic E-state index is 0.274. The number of ether oxygens (including phenoxy) is 1. The van der Waals surface area contributed by atoms with Gasteiger partial charge in [-0.15, -0.1) is 0 Å². The molecular weight excluding hydrogens is 384 g/mol. The van der Waals surface area contributed by atoms with E-state index in [4.69, 9.17) is 13.6 Å². The highest BCUT2D eigenvalue weighted by Gasteiger charge is 2.09. The van der Waals surface area contributed by atoms with Gasteiger partial charge in [-0.1, -0.05) is 12.1 Å². The van der Waals surface area contributed by atoms with Gasteiger partial charge in [-0.3, -0.25) is 9.79 Å². The normalized spacial score (nSPS) is 11.3. The van der Waals surface area contributed by atoms with Crippen LogP contribution in [0.3, 0.4) is 0 Å². The zero-order chi connectivity index (χ0) is 21.0. The lowest BCUT2D eigenvalue weighted by molar-refractivity contribution is 0.0996. The summed E-state index contributed by atoms with van der Waals surface area (Å²) in [7, 11) is 1.72. The summed E-state index contributed by atoms with van der Waals surface area (Å²) in [6.07, 6.45) is 3.95.